The molecule has 21 heavy (non-hydrogen) atoms. The number of benzene rings is 1. The molecule has 0 atom stereocenters. The lowest BCUT2D eigenvalue weighted by molar-refractivity contribution is -0.383. The molecule has 0 saturated heterocycles. The van der Waals surface area contributed by atoms with E-state index in [1.54, 1.807) is 12.3 Å². The summed E-state index contributed by atoms with van der Waals surface area (Å²) in [6.45, 7) is 2.65. The van der Waals surface area contributed by atoms with E-state index in [0.717, 1.165) is 37.1 Å². The molecule has 1 aliphatic rings. The first-order valence-corrected chi connectivity index (χ1v) is 6.90. The maximum atomic E-state index is 11.1. The van der Waals surface area contributed by atoms with Crippen molar-refractivity contribution in [1.29, 1.82) is 0 Å². The van der Waals surface area contributed by atoms with Crippen LogP contribution in [-0.4, -0.2) is 29.5 Å². The molecule has 108 valence electrons. The Hall–Kier alpha value is -2.47. The minimum absolute atomic E-state index is 0.0391. The molecule has 0 unspecified atom stereocenters. The monoisotopic (exact) mass is 284 g/mol. The third kappa shape index (κ3) is 2.85. The third-order valence-corrected chi connectivity index (χ3v) is 3.61. The Bertz CT molecular complexity index is 712. The fourth-order valence-electron chi connectivity index (χ4n) is 2.50. The summed E-state index contributed by atoms with van der Waals surface area (Å²) in [5.74, 6) is 0. The van der Waals surface area contributed by atoms with E-state index < -0.39 is 4.92 Å². The van der Waals surface area contributed by atoms with Gasteiger partial charge in [-0.3, -0.25) is 10.1 Å². The predicted molar refractivity (Wildman–Crippen MR) is 82.5 cm³/mol. The normalized spacial score (nSPS) is 14.8. The van der Waals surface area contributed by atoms with Crippen LogP contribution in [0.4, 0.5) is 11.4 Å². The van der Waals surface area contributed by atoms with Crippen molar-refractivity contribution in [2.45, 2.75) is 6.42 Å². The fourth-order valence-corrected chi connectivity index (χ4v) is 2.50. The van der Waals surface area contributed by atoms with Crippen molar-refractivity contribution in [2.75, 3.05) is 25.0 Å². The molecule has 0 radical (unpaired) electrons. The van der Waals surface area contributed by atoms with Gasteiger partial charge in [-0.05, 0) is 19.0 Å². The third-order valence-electron chi connectivity index (χ3n) is 3.61. The van der Waals surface area contributed by atoms with Crippen LogP contribution >= 0.6 is 0 Å². The summed E-state index contributed by atoms with van der Waals surface area (Å²) >= 11 is 0. The van der Waals surface area contributed by atoms with Crippen LogP contribution in [0, 0.1) is 10.1 Å². The molecule has 1 aliphatic heterocycles. The van der Waals surface area contributed by atoms with Crippen LogP contribution in [0.5, 0.6) is 0 Å². The lowest BCUT2D eigenvalue weighted by Crippen LogP contribution is -2.23. The average molecular weight is 284 g/mol. The van der Waals surface area contributed by atoms with E-state index in [-0.39, 0.29) is 5.69 Å². The van der Waals surface area contributed by atoms with Crippen LogP contribution in [-0.2, 0) is 0 Å². The largest absolute Gasteiger partial charge is 0.381 e. The summed E-state index contributed by atoms with van der Waals surface area (Å²) in [5.41, 5.74) is 2.69. The number of pyridine rings is 1. The first kappa shape index (κ1) is 13.5. The molecule has 6 heteroatoms. The second kappa shape index (κ2) is 5.88. The van der Waals surface area contributed by atoms with Gasteiger partial charge in [-0.25, -0.2) is 4.98 Å². The van der Waals surface area contributed by atoms with Crippen LogP contribution in [0.15, 0.2) is 42.1 Å². The lowest BCUT2D eigenvalue weighted by Gasteiger charge is -2.16. The number of non-ortho nitro benzene ring substituents is 1. The highest BCUT2D eigenvalue weighted by Gasteiger charge is 2.14. The minimum atomic E-state index is -0.394. The van der Waals surface area contributed by atoms with Gasteiger partial charge in [0.15, 0.2) is 0 Å². The van der Waals surface area contributed by atoms with Gasteiger partial charge in [0.1, 0.15) is 5.52 Å². The molecule has 0 spiro atoms. The summed E-state index contributed by atoms with van der Waals surface area (Å²) in [7, 11) is 0. The summed E-state index contributed by atoms with van der Waals surface area (Å²) in [5, 5.41) is 18.5. The molecule has 0 saturated carbocycles. The summed E-state index contributed by atoms with van der Waals surface area (Å²) in [4.78, 5) is 14.8. The summed E-state index contributed by atoms with van der Waals surface area (Å²) < 4.78 is 0. The highest BCUT2D eigenvalue weighted by atomic mass is 16.6. The number of rotatable bonds is 4. The van der Waals surface area contributed by atoms with Gasteiger partial charge in [0.25, 0.3) is 5.69 Å². The van der Waals surface area contributed by atoms with Crippen molar-refractivity contribution < 1.29 is 4.92 Å². The molecule has 1 aromatic carbocycles. The molecule has 2 aromatic rings. The van der Waals surface area contributed by atoms with Gasteiger partial charge in [-0.1, -0.05) is 23.8 Å². The smallest absolute Gasteiger partial charge is 0.295 e. The van der Waals surface area contributed by atoms with Crippen LogP contribution in [0.25, 0.3) is 10.9 Å². The number of aromatic nitrogens is 1. The van der Waals surface area contributed by atoms with Crippen LogP contribution in [0.1, 0.15) is 6.42 Å². The zero-order valence-corrected chi connectivity index (χ0v) is 11.5. The van der Waals surface area contributed by atoms with Crippen molar-refractivity contribution in [3.63, 3.8) is 0 Å². The van der Waals surface area contributed by atoms with E-state index >= 15 is 0 Å². The molecule has 2 N–H and O–H groups in total. The molecule has 0 aliphatic carbocycles. The molecule has 2 heterocycles. The van der Waals surface area contributed by atoms with Crippen molar-refractivity contribution >= 4 is 22.3 Å². The highest BCUT2D eigenvalue weighted by molar-refractivity contribution is 5.96. The molecule has 3 rings (SSSR count). The Morgan fingerprint density at radius 3 is 3.05 bits per heavy atom. The second-order valence-corrected chi connectivity index (χ2v) is 4.96. The number of hydrogen-bond donors (Lipinski definition) is 2. The van der Waals surface area contributed by atoms with Gasteiger partial charge in [0.05, 0.1) is 4.92 Å². The van der Waals surface area contributed by atoms with E-state index in [9.17, 15) is 10.1 Å². The Labute approximate surface area is 122 Å². The first-order valence-electron chi connectivity index (χ1n) is 6.90. The van der Waals surface area contributed by atoms with Gasteiger partial charge in [-0.15, -0.1) is 0 Å². The standard InChI is InChI=1S/C15H16N4O2/c20-19(21)14-3-1-2-12-13(6-9-17-15(12)14)18-10-11-4-7-16-8-5-11/h1-4,6,9,16H,5,7-8,10H2,(H,17,18). The molecule has 0 bridgehead atoms. The fraction of sp³-hybridized carbons (Fsp3) is 0.267. The number of nitrogens with one attached hydrogen (secondary N) is 2. The van der Waals surface area contributed by atoms with Gasteiger partial charge in [-0.2, -0.15) is 0 Å². The Kier molecular flexibility index (Phi) is 3.79. The highest BCUT2D eigenvalue weighted by Crippen LogP contribution is 2.28. The van der Waals surface area contributed by atoms with Crippen LogP contribution < -0.4 is 10.6 Å². The van der Waals surface area contributed by atoms with Gasteiger partial charge >= 0.3 is 0 Å². The second-order valence-electron chi connectivity index (χ2n) is 4.96. The zero-order valence-electron chi connectivity index (χ0n) is 11.5. The van der Waals surface area contributed by atoms with Crippen LogP contribution in [0.2, 0.25) is 0 Å². The Morgan fingerprint density at radius 2 is 2.29 bits per heavy atom. The number of fused-ring (bicyclic) bond motifs is 1. The quantitative estimate of drug-likeness (QED) is 0.512. The van der Waals surface area contributed by atoms with Crippen LogP contribution in [0.3, 0.4) is 0 Å². The van der Waals surface area contributed by atoms with Crippen molar-refractivity contribution in [3.05, 3.63) is 52.2 Å². The van der Waals surface area contributed by atoms with E-state index in [4.69, 9.17) is 0 Å². The topological polar surface area (TPSA) is 80.1 Å². The number of anilines is 1. The van der Waals surface area contributed by atoms with Gasteiger partial charge in [0.2, 0.25) is 0 Å². The van der Waals surface area contributed by atoms with Gasteiger partial charge < -0.3 is 10.6 Å². The maximum absolute atomic E-state index is 11.1. The van der Waals surface area contributed by atoms with E-state index in [0.29, 0.717) is 5.52 Å². The van der Waals surface area contributed by atoms with E-state index in [2.05, 4.69) is 21.7 Å². The zero-order chi connectivity index (χ0) is 14.7. The molecule has 1 aromatic heterocycles. The average Bonchev–Trinajstić information content (AvgIpc) is 2.53. The van der Waals surface area contributed by atoms with Crippen molar-refractivity contribution in [1.82, 2.24) is 10.3 Å². The molecular formula is C15H16N4O2. The predicted octanol–water partition coefficient (Wildman–Crippen LogP) is 2.47. The number of hydrogen-bond acceptors (Lipinski definition) is 5. The SMILES string of the molecule is O=[N+]([O-])c1cccc2c(NCC3=CCNCC3)ccnc12. The minimum Gasteiger partial charge on any atom is -0.381 e. The number of para-hydroxylation sites is 1. The Balaban J connectivity index is 1.90. The molecule has 0 amide bonds. The Morgan fingerprint density at radius 1 is 1.38 bits per heavy atom. The van der Waals surface area contributed by atoms with Crippen molar-refractivity contribution in [3.8, 4) is 0 Å². The van der Waals surface area contributed by atoms with Crippen molar-refractivity contribution in [2.24, 2.45) is 0 Å². The lowest BCUT2D eigenvalue weighted by atomic mass is 10.1. The molecule has 0 fully saturated rings. The number of nitrogens with zero attached hydrogens (tertiary/aromatic N) is 2. The molecule has 6 nitrogen and oxygen atoms in total. The summed E-state index contributed by atoms with van der Waals surface area (Å²) in [6, 6.07) is 6.88. The van der Waals surface area contributed by atoms with E-state index in [1.165, 1.54) is 11.6 Å². The maximum Gasteiger partial charge on any atom is 0.295 e. The number of nitro groups is 1. The number of nitro benzene ring substituents is 1. The van der Waals surface area contributed by atoms with Gasteiger partial charge in [0, 0.05) is 36.4 Å². The van der Waals surface area contributed by atoms with E-state index in [1.807, 2.05) is 12.1 Å². The summed E-state index contributed by atoms with van der Waals surface area (Å²) in [6.07, 6.45) is 4.81. The first-order chi connectivity index (χ1) is 10.3. The molecular weight excluding hydrogens is 268 g/mol.